The van der Waals surface area contributed by atoms with Gasteiger partial charge in [-0.2, -0.15) is 5.10 Å². The molecule has 0 radical (unpaired) electrons. The van der Waals surface area contributed by atoms with Gasteiger partial charge in [-0.05, 0) is 22.0 Å². The summed E-state index contributed by atoms with van der Waals surface area (Å²) in [7, 11) is 3.45. The summed E-state index contributed by atoms with van der Waals surface area (Å²) in [5.74, 6) is 1.41. The van der Waals surface area contributed by atoms with Crippen LogP contribution in [0.4, 0.5) is 5.82 Å². The molecule has 1 aromatic carbocycles. The zero-order valence-corrected chi connectivity index (χ0v) is 10.7. The number of hydrogen-bond donors (Lipinski definition) is 1. The van der Waals surface area contributed by atoms with Gasteiger partial charge in [-0.3, -0.25) is 4.68 Å². The molecule has 0 amide bonds. The number of nitrogens with two attached hydrogens (primary N) is 1. The van der Waals surface area contributed by atoms with Gasteiger partial charge in [0, 0.05) is 18.2 Å². The van der Waals surface area contributed by atoms with Gasteiger partial charge in [0.1, 0.15) is 11.6 Å². The minimum Gasteiger partial charge on any atom is -0.496 e. The van der Waals surface area contributed by atoms with Gasteiger partial charge < -0.3 is 10.5 Å². The Balaban J connectivity index is 2.60. The Morgan fingerprint density at radius 3 is 2.69 bits per heavy atom. The van der Waals surface area contributed by atoms with Gasteiger partial charge >= 0.3 is 0 Å². The van der Waals surface area contributed by atoms with Crippen molar-refractivity contribution in [2.24, 2.45) is 7.05 Å². The number of halogens is 1. The van der Waals surface area contributed by atoms with E-state index < -0.39 is 0 Å². The van der Waals surface area contributed by atoms with Crippen LogP contribution < -0.4 is 10.5 Å². The molecule has 5 heteroatoms. The van der Waals surface area contributed by atoms with Gasteiger partial charge in [0.05, 0.1) is 17.8 Å². The first kappa shape index (κ1) is 11.0. The summed E-state index contributed by atoms with van der Waals surface area (Å²) >= 11 is 3.50. The van der Waals surface area contributed by atoms with Crippen molar-refractivity contribution in [3.05, 3.63) is 28.9 Å². The maximum Gasteiger partial charge on any atom is 0.133 e. The molecule has 0 bridgehead atoms. The topological polar surface area (TPSA) is 53.1 Å². The lowest BCUT2D eigenvalue weighted by Crippen LogP contribution is -1.98. The highest BCUT2D eigenvalue weighted by atomic mass is 79.9. The molecule has 1 aromatic heterocycles. The van der Waals surface area contributed by atoms with E-state index in [2.05, 4.69) is 21.0 Å². The van der Waals surface area contributed by atoms with E-state index in [1.807, 2.05) is 25.2 Å². The predicted octanol–water partition coefficient (Wildman–Crippen LogP) is 2.44. The number of methoxy groups -OCH3 is 1. The average Bonchev–Trinajstić information content (AvgIpc) is 2.61. The Labute approximate surface area is 102 Å². The number of aryl methyl sites for hydroxylation is 1. The fourth-order valence-corrected chi connectivity index (χ4v) is 2.17. The van der Waals surface area contributed by atoms with Crippen molar-refractivity contribution in [2.75, 3.05) is 12.8 Å². The van der Waals surface area contributed by atoms with Gasteiger partial charge in [-0.15, -0.1) is 0 Å². The normalized spacial score (nSPS) is 10.4. The number of anilines is 1. The zero-order chi connectivity index (χ0) is 11.7. The molecule has 2 aromatic rings. The van der Waals surface area contributed by atoms with Gasteiger partial charge in [0.2, 0.25) is 0 Å². The quantitative estimate of drug-likeness (QED) is 0.920. The van der Waals surface area contributed by atoms with E-state index >= 15 is 0 Å². The molecule has 0 spiro atoms. The van der Waals surface area contributed by atoms with Crippen LogP contribution in [0.1, 0.15) is 0 Å². The van der Waals surface area contributed by atoms with Crippen molar-refractivity contribution in [2.45, 2.75) is 0 Å². The Morgan fingerprint density at radius 1 is 1.38 bits per heavy atom. The van der Waals surface area contributed by atoms with E-state index in [0.717, 1.165) is 21.3 Å². The molecule has 0 aliphatic rings. The molecule has 0 unspecified atom stereocenters. The van der Waals surface area contributed by atoms with Crippen LogP contribution in [-0.4, -0.2) is 16.9 Å². The number of nitrogen functional groups attached to an aromatic ring is 1. The van der Waals surface area contributed by atoms with Gasteiger partial charge in [0.25, 0.3) is 0 Å². The van der Waals surface area contributed by atoms with Crippen LogP contribution in [0.5, 0.6) is 5.75 Å². The largest absolute Gasteiger partial charge is 0.496 e. The van der Waals surface area contributed by atoms with Crippen molar-refractivity contribution >= 4 is 21.7 Å². The third-order valence-corrected chi connectivity index (χ3v) is 3.28. The van der Waals surface area contributed by atoms with Crippen LogP contribution >= 0.6 is 15.9 Å². The van der Waals surface area contributed by atoms with E-state index in [0.29, 0.717) is 5.82 Å². The summed E-state index contributed by atoms with van der Waals surface area (Å²) in [5, 5.41) is 4.12. The number of benzene rings is 1. The molecule has 4 nitrogen and oxygen atoms in total. The van der Waals surface area contributed by atoms with E-state index in [1.165, 1.54) is 0 Å². The van der Waals surface area contributed by atoms with Crippen LogP contribution in [0.15, 0.2) is 28.9 Å². The van der Waals surface area contributed by atoms with Gasteiger partial charge in [0.15, 0.2) is 0 Å². The fourth-order valence-electron chi connectivity index (χ4n) is 1.53. The molecule has 16 heavy (non-hydrogen) atoms. The molecule has 0 saturated carbocycles. The highest BCUT2D eigenvalue weighted by Gasteiger charge is 2.13. The number of ether oxygens (including phenoxy) is 1. The summed E-state index contributed by atoms with van der Waals surface area (Å²) in [4.78, 5) is 0. The second-order valence-corrected chi connectivity index (χ2v) is 4.18. The number of aromatic nitrogens is 2. The highest BCUT2D eigenvalue weighted by Crippen LogP contribution is 2.37. The molecule has 0 aliphatic carbocycles. The lowest BCUT2D eigenvalue weighted by atomic mass is 10.1. The first-order valence-corrected chi connectivity index (χ1v) is 5.54. The Hall–Kier alpha value is -1.49. The second kappa shape index (κ2) is 4.17. The van der Waals surface area contributed by atoms with E-state index in [9.17, 15) is 0 Å². The van der Waals surface area contributed by atoms with Crippen LogP contribution in [0, 0.1) is 0 Å². The SMILES string of the molecule is COc1cccc(-c2cnn(C)c2N)c1Br. The minimum atomic E-state index is 0.633. The third-order valence-electron chi connectivity index (χ3n) is 2.46. The monoisotopic (exact) mass is 281 g/mol. The van der Waals surface area contributed by atoms with Crippen molar-refractivity contribution in [1.29, 1.82) is 0 Å². The Bertz CT molecular complexity index is 522. The third kappa shape index (κ3) is 1.67. The standard InChI is InChI=1S/C11H12BrN3O/c1-15-11(13)8(6-14-15)7-4-3-5-9(16-2)10(7)12/h3-6H,13H2,1-2H3. The molecular weight excluding hydrogens is 270 g/mol. The molecule has 84 valence electrons. The number of rotatable bonds is 2. The van der Waals surface area contributed by atoms with E-state index in [4.69, 9.17) is 10.5 Å². The van der Waals surface area contributed by atoms with Crippen molar-refractivity contribution in [3.63, 3.8) is 0 Å². The maximum absolute atomic E-state index is 5.93. The molecule has 2 N–H and O–H groups in total. The molecular formula is C11H12BrN3O. The first-order valence-electron chi connectivity index (χ1n) is 4.75. The molecule has 0 saturated heterocycles. The van der Waals surface area contributed by atoms with E-state index in [1.54, 1.807) is 18.0 Å². The fraction of sp³-hybridized carbons (Fsp3) is 0.182. The molecule has 0 aliphatic heterocycles. The minimum absolute atomic E-state index is 0.633. The van der Waals surface area contributed by atoms with Crippen LogP contribution in [0.25, 0.3) is 11.1 Å². The number of nitrogens with zero attached hydrogens (tertiary/aromatic N) is 2. The van der Waals surface area contributed by atoms with Gasteiger partial charge in [-0.1, -0.05) is 12.1 Å². The molecule has 1 heterocycles. The zero-order valence-electron chi connectivity index (χ0n) is 9.07. The van der Waals surface area contributed by atoms with Crippen molar-refractivity contribution in [1.82, 2.24) is 9.78 Å². The lowest BCUT2D eigenvalue weighted by molar-refractivity contribution is 0.412. The molecule has 0 atom stereocenters. The summed E-state index contributed by atoms with van der Waals surface area (Å²) in [6, 6.07) is 5.78. The Kier molecular flexibility index (Phi) is 2.87. The van der Waals surface area contributed by atoms with Crippen LogP contribution in [0.3, 0.4) is 0 Å². The smallest absolute Gasteiger partial charge is 0.133 e. The molecule has 2 rings (SSSR count). The number of hydrogen-bond acceptors (Lipinski definition) is 3. The highest BCUT2D eigenvalue weighted by molar-refractivity contribution is 9.10. The predicted molar refractivity (Wildman–Crippen MR) is 67.3 cm³/mol. The second-order valence-electron chi connectivity index (χ2n) is 3.39. The van der Waals surface area contributed by atoms with Crippen molar-refractivity contribution < 1.29 is 4.74 Å². The average molecular weight is 282 g/mol. The summed E-state index contributed by atoms with van der Waals surface area (Å²) < 4.78 is 7.77. The van der Waals surface area contributed by atoms with Gasteiger partial charge in [-0.25, -0.2) is 0 Å². The lowest BCUT2D eigenvalue weighted by Gasteiger charge is -2.08. The summed E-state index contributed by atoms with van der Waals surface area (Å²) in [6.45, 7) is 0. The van der Waals surface area contributed by atoms with Crippen molar-refractivity contribution in [3.8, 4) is 16.9 Å². The maximum atomic E-state index is 5.93. The molecule has 0 fully saturated rings. The van der Waals surface area contributed by atoms with Crippen LogP contribution in [0.2, 0.25) is 0 Å². The summed E-state index contributed by atoms with van der Waals surface area (Å²) in [5.41, 5.74) is 7.81. The van der Waals surface area contributed by atoms with E-state index in [-0.39, 0.29) is 0 Å². The summed E-state index contributed by atoms with van der Waals surface area (Å²) in [6.07, 6.45) is 1.74. The Morgan fingerprint density at radius 2 is 2.12 bits per heavy atom. The first-order chi connectivity index (χ1) is 7.65. The van der Waals surface area contributed by atoms with Crippen LogP contribution in [-0.2, 0) is 7.05 Å².